The van der Waals surface area contributed by atoms with Crippen LogP contribution in [0.3, 0.4) is 0 Å². The third kappa shape index (κ3) is 3.92. The second-order valence-electron chi connectivity index (χ2n) is 2.97. The van der Waals surface area contributed by atoms with Crippen molar-refractivity contribution in [3.05, 3.63) is 0 Å². The van der Waals surface area contributed by atoms with E-state index in [1.54, 1.807) is 0 Å². The van der Waals surface area contributed by atoms with E-state index in [1.807, 2.05) is 0 Å². The predicted octanol–water partition coefficient (Wildman–Crippen LogP) is 1.52. The summed E-state index contributed by atoms with van der Waals surface area (Å²) in [6.07, 6.45) is -2.72. The molecule has 5 heteroatoms. The topological polar surface area (TPSA) is 21.3 Å². The van der Waals surface area contributed by atoms with Crippen LogP contribution in [-0.2, 0) is 4.74 Å². The van der Waals surface area contributed by atoms with Crippen LogP contribution in [-0.4, -0.2) is 26.1 Å². The highest BCUT2D eigenvalue weighted by Crippen LogP contribution is 2.19. The molecule has 0 aromatic carbocycles. The van der Waals surface area contributed by atoms with Crippen molar-refractivity contribution >= 4 is 0 Å². The molecule has 12 heavy (non-hydrogen) atoms. The number of alkyl halides is 3. The van der Waals surface area contributed by atoms with E-state index >= 15 is 0 Å². The lowest BCUT2D eigenvalue weighted by Gasteiger charge is -2.22. The zero-order valence-corrected chi connectivity index (χ0v) is 6.66. The maximum atomic E-state index is 11.6. The van der Waals surface area contributed by atoms with Crippen LogP contribution in [0.2, 0.25) is 0 Å². The van der Waals surface area contributed by atoms with Crippen molar-refractivity contribution in [2.24, 2.45) is 5.92 Å². The minimum absolute atomic E-state index is 0.0142. The van der Waals surface area contributed by atoms with Crippen LogP contribution >= 0.6 is 0 Å². The zero-order valence-electron chi connectivity index (χ0n) is 6.66. The zero-order chi connectivity index (χ0) is 9.03. The molecule has 0 aromatic rings. The molecule has 72 valence electrons. The van der Waals surface area contributed by atoms with E-state index < -0.39 is 6.36 Å². The van der Waals surface area contributed by atoms with E-state index in [2.05, 4.69) is 10.1 Å². The van der Waals surface area contributed by atoms with Crippen molar-refractivity contribution in [3.63, 3.8) is 0 Å². The summed E-state index contributed by atoms with van der Waals surface area (Å²) >= 11 is 0. The number of hydrogen-bond acceptors (Lipinski definition) is 2. The first-order valence-electron chi connectivity index (χ1n) is 3.99. The molecule has 1 N–H and O–H groups in total. The lowest BCUT2D eigenvalue weighted by molar-refractivity contribution is -0.328. The Labute approximate surface area is 69.1 Å². The van der Waals surface area contributed by atoms with Crippen molar-refractivity contribution in [3.8, 4) is 0 Å². The van der Waals surface area contributed by atoms with Gasteiger partial charge >= 0.3 is 6.36 Å². The van der Waals surface area contributed by atoms with Crippen LogP contribution in [0, 0.1) is 5.92 Å². The molecule has 0 unspecified atom stereocenters. The number of piperidine rings is 1. The highest BCUT2D eigenvalue weighted by molar-refractivity contribution is 4.68. The Morgan fingerprint density at radius 1 is 1.42 bits per heavy atom. The van der Waals surface area contributed by atoms with Gasteiger partial charge in [-0.2, -0.15) is 0 Å². The van der Waals surface area contributed by atoms with Gasteiger partial charge in [0, 0.05) is 6.54 Å². The van der Waals surface area contributed by atoms with Gasteiger partial charge in [-0.05, 0) is 25.3 Å². The fourth-order valence-electron chi connectivity index (χ4n) is 1.28. The fraction of sp³-hybridized carbons (Fsp3) is 1.00. The van der Waals surface area contributed by atoms with E-state index in [9.17, 15) is 13.2 Å². The third-order valence-electron chi connectivity index (χ3n) is 1.88. The van der Waals surface area contributed by atoms with E-state index in [0.29, 0.717) is 6.54 Å². The van der Waals surface area contributed by atoms with E-state index in [4.69, 9.17) is 0 Å². The fourth-order valence-corrected chi connectivity index (χ4v) is 1.28. The van der Waals surface area contributed by atoms with Crippen molar-refractivity contribution in [1.29, 1.82) is 0 Å². The minimum Gasteiger partial charge on any atom is -0.316 e. The summed E-state index contributed by atoms with van der Waals surface area (Å²) in [6.45, 7) is 1.33. The summed E-state index contributed by atoms with van der Waals surface area (Å²) in [5.41, 5.74) is 0. The quantitative estimate of drug-likeness (QED) is 0.700. The Balaban J connectivity index is 2.13. The highest BCUT2D eigenvalue weighted by atomic mass is 19.4. The molecule has 0 radical (unpaired) electrons. The monoisotopic (exact) mass is 183 g/mol. The number of ether oxygens (including phenoxy) is 1. The first kappa shape index (κ1) is 9.80. The molecule has 0 aliphatic carbocycles. The van der Waals surface area contributed by atoms with Crippen molar-refractivity contribution in [2.75, 3.05) is 19.7 Å². The molecular weight excluding hydrogens is 171 g/mol. The third-order valence-corrected chi connectivity index (χ3v) is 1.88. The van der Waals surface area contributed by atoms with Crippen molar-refractivity contribution < 1.29 is 17.9 Å². The van der Waals surface area contributed by atoms with Crippen LogP contribution in [0.1, 0.15) is 12.8 Å². The Bertz CT molecular complexity index is 131. The van der Waals surface area contributed by atoms with Crippen LogP contribution in [0.4, 0.5) is 13.2 Å². The van der Waals surface area contributed by atoms with Crippen LogP contribution in [0.25, 0.3) is 0 Å². The first-order chi connectivity index (χ1) is 5.58. The lowest BCUT2D eigenvalue weighted by atomic mass is 10.0. The van der Waals surface area contributed by atoms with Crippen molar-refractivity contribution in [1.82, 2.24) is 5.32 Å². The van der Waals surface area contributed by atoms with Gasteiger partial charge in [-0.1, -0.05) is 0 Å². The largest absolute Gasteiger partial charge is 0.522 e. The van der Waals surface area contributed by atoms with Gasteiger partial charge in [-0.3, -0.25) is 4.74 Å². The average Bonchev–Trinajstić information content (AvgIpc) is 2.02. The van der Waals surface area contributed by atoms with Gasteiger partial charge in [0.1, 0.15) is 0 Å². The van der Waals surface area contributed by atoms with Crippen LogP contribution in [0.5, 0.6) is 0 Å². The first-order valence-corrected chi connectivity index (χ1v) is 3.99. The van der Waals surface area contributed by atoms with Gasteiger partial charge in [0.05, 0.1) is 6.61 Å². The number of halogens is 3. The van der Waals surface area contributed by atoms with Gasteiger partial charge < -0.3 is 5.32 Å². The molecule has 0 aromatic heterocycles. The molecule has 1 rings (SSSR count). The number of hydrogen-bond donors (Lipinski definition) is 1. The second kappa shape index (κ2) is 4.09. The van der Waals surface area contributed by atoms with E-state index in [-0.39, 0.29) is 12.5 Å². The highest BCUT2D eigenvalue weighted by Gasteiger charge is 2.30. The molecular formula is C7H12F3NO. The maximum Gasteiger partial charge on any atom is 0.522 e. The standard InChI is InChI=1S/C7H12F3NO/c8-7(9,10)12-5-6-2-1-3-11-4-6/h6,11H,1-5H2/t6-/m1/s1. The molecule has 1 aliphatic rings. The Morgan fingerprint density at radius 2 is 2.17 bits per heavy atom. The minimum atomic E-state index is -4.47. The summed E-state index contributed by atoms with van der Waals surface area (Å²) < 4.78 is 38.4. The van der Waals surface area contributed by atoms with Gasteiger partial charge in [0.15, 0.2) is 0 Å². The molecule has 0 amide bonds. The van der Waals surface area contributed by atoms with E-state index in [0.717, 1.165) is 19.4 Å². The maximum absolute atomic E-state index is 11.6. The van der Waals surface area contributed by atoms with Gasteiger partial charge in [0.2, 0.25) is 0 Å². The van der Waals surface area contributed by atoms with Gasteiger partial charge in [0.25, 0.3) is 0 Å². The number of rotatable bonds is 2. The SMILES string of the molecule is FC(F)(F)OC[C@@H]1CCCNC1. The average molecular weight is 183 g/mol. The Kier molecular flexibility index (Phi) is 3.34. The van der Waals surface area contributed by atoms with Crippen molar-refractivity contribution in [2.45, 2.75) is 19.2 Å². The lowest BCUT2D eigenvalue weighted by Crippen LogP contribution is -2.33. The predicted molar refractivity (Wildman–Crippen MR) is 37.6 cm³/mol. The van der Waals surface area contributed by atoms with E-state index in [1.165, 1.54) is 0 Å². The molecule has 1 aliphatic heterocycles. The van der Waals surface area contributed by atoms with Gasteiger partial charge in [-0.25, -0.2) is 0 Å². The molecule has 1 saturated heterocycles. The summed E-state index contributed by atoms with van der Waals surface area (Å²) in [5, 5.41) is 3.02. The molecule has 1 fully saturated rings. The van der Waals surface area contributed by atoms with Gasteiger partial charge in [-0.15, -0.1) is 13.2 Å². The van der Waals surface area contributed by atoms with Crippen LogP contribution < -0.4 is 5.32 Å². The summed E-state index contributed by atoms with van der Waals surface area (Å²) in [4.78, 5) is 0. The molecule has 0 spiro atoms. The summed E-state index contributed by atoms with van der Waals surface area (Å²) in [7, 11) is 0. The molecule has 1 atom stereocenters. The summed E-state index contributed by atoms with van der Waals surface area (Å²) in [5.74, 6) is 0.0142. The summed E-state index contributed by atoms with van der Waals surface area (Å²) in [6, 6.07) is 0. The Morgan fingerprint density at radius 3 is 2.67 bits per heavy atom. The Hall–Kier alpha value is -0.290. The molecule has 0 bridgehead atoms. The second-order valence-corrected chi connectivity index (χ2v) is 2.97. The molecule has 2 nitrogen and oxygen atoms in total. The van der Waals surface area contributed by atoms with Crippen LogP contribution in [0.15, 0.2) is 0 Å². The normalized spacial score (nSPS) is 25.8. The number of nitrogens with one attached hydrogen (secondary N) is 1. The smallest absolute Gasteiger partial charge is 0.316 e. The molecule has 1 heterocycles. The molecule has 0 saturated carbocycles.